The molecule has 0 N–H and O–H groups in total. The molecule has 0 amide bonds. The smallest absolute Gasteiger partial charge is 0.166 e. The number of hydrogen-bond acceptors (Lipinski definition) is 2. The predicted octanol–water partition coefficient (Wildman–Crippen LogP) is 5.16. The molecule has 0 saturated heterocycles. The van der Waals surface area contributed by atoms with E-state index in [4.69, 9.17) is 9.47 Å². The van der Waals surface area contributed by atoms with Gasteiger partial charge in [0.15, 0.2) is 29.2 Å². The van der Waals surface area contributed by atoms with Crippen LogP contribution in [0.5, 0.6) is 11.5 Å². The van der Waals surface area contributed by atoms with Crippen molar-refractivity contribution >= 4 is 0 Å². The number of ether oxygens (including phenoxy) is 2. The van der Waals surface area contributed by atoms with Crippen LogP contribution < -0.4 is 9.47 Å². The van der Waals surface area contributed by atoms with Crippen LogP contribution in [0.15, 0.2) is 30.3 Å². The average molecular weight is 318 g/mol. The first-order valence-corrected chi connectivity index (χ1v) is 7.91. The van der Waals surface area contributed by atoms with E-state index in [1.54, 1.807) is 19.1 Å². The SMILES string of the molecule is CCc1ccc(C2COc3cc(C(C)C)ccc3O2)c(F)c1F. The van der Waals surface area contributed by atoms with Gasteiger partial charge in [0, 0.05) is 5.56 Å². The highest BCUT2D eigenvalue weighted by atomic mass is 19.2. The van der Waals surface area contributed by atoms with Gasteiger partial charge in [-0.1, -0.05) is 39.0 Å². The Morgan fingerprint density at radius 2 is 1.87 bits per heavy atom. The average Bonchev–Trinajstić information content (AvgIpc) is 2.56. The minimum atomic E-state index is -0.847. The predicted molar refractivity (Wildman–Crippen MR) is 85.1 cm³/mol. The van der Waals surface area contributed by atoms with Crippen molar-refractivity contribution in [2.45, 2.75) is 39.2 Å². The van der Waals surface area contributed by atoms with Gasteiger partial charge in [-0.3, -0.25) is 0 Å². The number of aryl methyl sites for hydroxylation is 1. The molecule has 0 fully saturated rings. The first kappa shape index (κ1) is 15.8. The number of halogens is 2. The molecule has 122 valence electrons. The van der Waals surface area contributed by atoms with E-state index in [9.17, 15) is 8.78 Å². The molecule has 1 unspecified atom stereocenters. The minimum absolute atomic E-state index is 0.163. The Bertz CT molecular complexity index is 726. The second-order valence-electron chi connectivity index (χ2n) is 6.07. The highest BCUT2D eigenvalue weighted by Crippen LogP contribution is 2.39. The van der Waals surface area contributed by atoms with Crippen LogP contribution >= 0.6 is 0 Å². The van der Waals surface area contributed by atoms with Crippen molar-refractivity contribution in [2.24, 2.45) is 0 Å². The van der Waals surface area contributed by atoms with E-state index >= 15 is 0 Å². The molecule has 1 aliphatic heterocycles. The third-order valence-corrected chi connectivity index (χ3v) is 4.21. The van der Waals surface area contributed by atoms with Gasteiger partial charge in [-0.2, -0.15) is 0 Å². The molecule has 1 aliphatic rings. The fourth-order valence-corrected chi connectivity index (χ4v) is 2.73. The van der Waals surface area contributed by atoms with Gasteiger partial charge in [0.2, 0.25) is 0 Å². The highest BCUT2D eigenvalue weighted by molar-refractivity contribution is 5.45. The molecule has 2 nitrogen and oxygen atoms in total. The molecule has 0 spiro atoms. The molecule has 0 aromatic heterocycles. The van der Waals surface area contributed by atoms with Gasteiger partial charge in [0.25, 0.3) is 0 Å². The summed E-state index contributed by atoms with van der Waals surface area (Å²) in [7, 11) is 0. The lowest BCUT2D eigenvalue weighted by atomic mass is 10.0. The molecule has 3 rings (SSSR count). The van der Waals surface area contributed by atoms with Crippen LogP contribution in [0.2, 0.25) is 0 Å². The Labute approximate surface area is 135 Å². The van der Waals surface area contributed by atoms with Gasteiger partial charge in [-0.25, -0.2) is 8.78 Å². The summed E-state index contributed by atoms with van der Waals surface area (Å²) in [5.74, 6) is -0.0481. The first-order valence-electron chi connectivity index (χ1n) is 7.91. The second kappa shape index (κ2) is 6.19. The van der Waals surface area contributed by atoms with Crippen LogP contribution in [0.25, 0.3) is 0 Å². The van der Waals surface area contributed by atoms with Crippen molar-refractivity contribution in [1.29, 1.82) is 0 Å². The Balaban J connectivity index is 1.89. The fourth-order valence-electron chi connectivity index (χ4n) is 2.73. The molecule has 1 heterocycles. The van der Waals surface area contributed by atoms with Gasteiger partial charge >= 0.3 is 0 Å². The summed E-state index contributed by atoms with van der Waals surface area (Å²) < 4.78 is 39.8. The molecule has 23 heavy (non-hydrogen) atoms. The topological polar surface area (TPSA) is 18.5 Å². The Hall–Kier alpha value is -2.10. The second-order valence-corrected chi connectivity index (χ2v) is 6.07. The third-order valence-electron chi connectivity index (χ3n) is 4.21. The van der Waals surface area contributed by atoms with E-state index in [0.717, 1.165) is 5.56 Å². The zero-order valence-electron chi connectivity index (χ0n) is 13.5. The molecule has 0 aliphatic carbocycles. The Kier molecular flexibility index (Phi) is 4.24. The lowest BCUT2D eigenvalue weighted by Gasteiger charge is -2.28. The van der Waals surface area contributed by atoms with Crippen molar-refractivity contribution in [3.05, 3.63) is 58.7 Å². The van der Waals surface area contributed by atoms with Crippen molar-refractivity contribution < 1.29 is 18.3 Å². The summed E-state index contributed by atoms with van der Waals surface area (Å²) in [5.41, 5.74) is 1.71. The number of hydrogen-bond donors (Lipinski definition) is 0. The maximum absolute atomic E-state index is 14.3. The number of fused-ring (bicyclic) bond motifs is 1. The maximum Gasteiger partial charge on any atom is 0.166 e. The Morgan fingerprint density at radius 1 is 1.09 bits per heavy atom. The van der Waals surface area contributed by atoms with E-state index in [1.165, 1.54) is 0 Å². The molecule has 2 aromatic carbocycles. The van der Waals surface area contributed by atoms with Gasteiger partial charge in [-0.15, -0.1) is 0 Å². The van der Waals surface area contributed by atoms with E-state index in [2.05, 4.69) is 13.8 Å². The van der Waals surface area contributed by atoms with E-state index < -0.39 is 17.7 Å². The normalized spacial score (nSPS) is 16.7. The lowest BCUT2D eigenvalue weighted by molar-refractivity contribution is 0.0879. The first-order chi connectivity index (χ1) is 11.0. The van der Waals surface area contributed by atoms with Crippen molar-refractivity contribution in [3.63, 3.8) is 0 Å². The van der Waals surface area contributed by atoms with Gasteiger partial charge < -0.3 is 9.47 Å². The van der Waals surface area contributed by atoms with Gasteiger partial charge in [0.05, 0.1) is 0 Å². The zero-order chi connectivity index (χ0) is 16.6. The maximum atomic E-state index is 14.3. The lowest BCUT2D eigenvalue weighted by Crippen LogP contribution is -2.23. The molecule has 4 heteroatoms. The Morgan fingerprint density at radius 3 is 2.57 bits per heavy atom. The third kappa shape index (κ3) is 2.90. The van der Waals surface area contributed by atoms with E-state index in [0.29, 0.717) is 29.4 Å². The largest absolute Gasteiger partial charge is 0.485 e. The molecule has 0 saturated carbocycles. The molecular weight excluding hydrogens is 298 g/mol. The van der Waals surface area contributed by atoms with Crippen molar-refractivity contribution in [3.8, 4) is 11.5 Å². The molecule has 0 radical (unpaired) electrons. The molecule has 2 aromatic rings. The number of rotatable bonds is 3. The quantitative estimate of drug-likeness (QED) is 0.778. The zero-order valence-corrected chi connectivity index (χ0v) is 13.5. The summed E-state index contributed by atoms with van der Waals surface area (Å²) >= 11 is 0. The summed E-state index contributed by atoms with van der Waals surface area (Å²) in [6, 6.07) is 8.92. The monoisotopic (exact) mass is 318 g/mol. The van der Waals surface area contributed by atoms with E-state index in [-0.39, 0.29) is 12.2 Å². The van der Waals surface area contributed by atoms with Crippen LogP contribution in [0, 0.1) is 11.6 Å². The van der Waals surface area contributed by atoms with Gasteiger partial charge in [0.1, 0.15) is 6.61 Å². The van der Waals surface area contributed by atoms with Crippen molar-refractivity contribution in [1.82, 2.24) is 0 Å². The minimum Gasteiger partial charge on any atom is -0.485 e. The molecular formula is C19H20F2O2. The van der Waals surface area contributed by atoms with Crippen LogP contribution in [-0.4, -0.2) is 6.61 Å². The van der Waals surface area contributed by atoms with Gasteiger partial charge in [-0.05, 0) is 35.6 Å². The fraction of sp³-hybridized carbons (Fsp3) is 0.368. The summed E-state index contributed by atoms with van der Waals surface area (Å²) in [6.07, 6.45) is -0.195. The van der Waals surface area contributed by atoms with Crippen LogP contribution in [0.4, 0.5) is 8.78 Å². The number of benzene rings is 2. The van der Waals surface area contributed by atoms with Crippen LogP contribution in [0.3, 0.4) is 0 Å². The summed E-state index contributed by atoms with van der Waals surface area (Å²) in [5, 5.41) is 0. The molecule has 1 atom stereocenters. The molecule has 0 bridgehead atoms. The standard InChI is InChI=1S/C19H20F2O2/c1-4-12-5-7-14(19(21)18(12)20)17-10-22-16-9-13(11(2)3)6-8-15(16)23-17/h5-9,11,17H,4,10H2,1-3H3. The van der Waals surface area contributed by atoms with E-state index in [1.807, 2.05) is 18.2 Å². The van der Waals surface area contributed by atoms with Crippen molar-refractivity contribution in [2.75, 3.05) is 6.61 Å². The summed E-state index contributed by atoms with van der Waals surface area (Å²) in [4.78, 5) is 0. The van der Waals surface area contributed by atoms with Crippen LogP contribution in [0.1, 0.15) is 49.5 Å². The van der Waals surface area contributed by atoms with Crippen LogP contribution in [-0.2, 0) is 6.42 Å². The highest BCUT2D eigenvalue weighted by Gasteiger charge is 2.27. The summed E-state index contributed by atoms with van der Waals surface area (Å²) in [6.45, 7) is 6.15.